The van der Waals surface area contributed by atoms with Gasteiger partial charge < -0.3 is 9.80 Å². The lowest BCUT2D eigenvalue weighted by atomic mass is 10.1. The van der Waals surface area contributed by atoms with E-state index in [4.69, 9.17) is 0 Å². The SMILES string of the molecule is CN(C)CCN(C)C(=O)Cc1ccc(I)cc1. The quantitative estimate of drug-likeness (QED) is 0.760. The van der Waals surface area contributed by atoms with Gasteiger partial charge in [0.2, 0.25) is 5.91 Å². The Morgan fingerprint density at radius 3 is 2.24 bits per heavy atom. The van der Waals surface area contributed by atoms with Crippen molar-refractivity contribution in [2.75, 3.05) is 34.2 Å². The van der Waals surface area contributed by atoms with Gasteiger partial charge in [-0.15, -0.1) is 0 Å². The molecule has 1 amide bonds. The molecule has 4 heteroatoms. The molecule has 94 valence electrons. The summed E-state index contributed by atoms with van der Waals surface area (Å²) in [7, 11) is 5.88. The minimum Gasteiger partial charge on any atom is -0.344 e. The second-order valence-electron chi connectivity index (χ2n) is 4.42. The van der Waals surface area contributed by atoms with Crippen molar-refractivity contribution in [1.82, 2.24) is 9.80 Å². The van der Waals surface area contributed by atoms with Crippen LogP contribution in [0, 0.1) is 3.57 Å². The minimum absolute atomic E-state index is 0.174. The first kappa shape index (κ1) is 14.4. The van der Waals surface area contributed by atoms with Gasteiger partial charge >= 0.3 is 0 Å². The fourth-order valence-corrected chi connectivity index (χ4v) is 1.75. The summed E-state index contributed by atoms with van der Waals surface area (Å²) in [6, 6.07) is 8.09. The summed E-state index contributed by atoms with van der Waals surface area (Å²) in [5.74, 6) is 0.174. The fourth-order valence-electron chi connectivity index (χ4n) is 1.39. The highest BCUT2D eigenvalue weighted by atomic mass is 127. The van der Waals surface area contributed by atoms with E-state index in [9.17, 15) is 4.79 Å². The van der Waals surface area contributed by atoms with Crippen LogP contribution in [0.5, 0.6) is 0 Å². The molecule has 0 aliphatic rings. The molecule has 0 fully saturated rings. The summed E-state index contributed by atoms with van der Waals surface area (Å²) < 4.78 is 1.19. The second-order valence-corrected chi connectivity index (χ2v) is 5.67. The number of hydrogen-bond acceptors (Lipinski definition) is 2. The number of benzene rings is 1. The molecule has 0 atom stereocenters. The van der Waals surface area contributed by atoms with Gasteiger partial charge in [-0.2, -0.15) is 0 Å². The Balaban J connectivity index is 2.45. The average Bonchev–Trinajstić information content (AvgIpc) is 2.28. The molecule has 0 N–H and O–H groups in total. The van der Waals surface area contributed by atoms with Crippen LogP contribution >= 0.6 is 22.6 Å². The maximum absolute atomic E-state index is 11.9. The third-order valence-corrected chi connectivity index (χ3v) is 3.30. The first-order chi connectivity index (χ1) is 7.99. The molecule has 0 saturated heterocycles. The van der Waals surface area contributed by atoms with Crippen molar-refractivity contribution < 1.29 is 4.79 Å². The van der Waals surface area contributed by atoms with Gasteiger partial charge in [-0.25, -0.2) is 0 Å². The van der Waals surface area contributed by atoms with Crippen molar-refractivity contribution in [3.05, 3.63) is 33.4 Å². The Kier molecular flexibility index (Phi) is 5.91. The first-order valence-electron chi connectivity index (χ1n) is 5.62. The summed E-state index contributed by atoms with van der Waals surface area (Å²) in [5, 5.41) is 0. The molecule has 3 nitrogen and oxygen atoms in total. The van der Waals surface area contributed by atoms with Crippen LogP contribution in [0.3, 0.4) is 0 Å². The Bertz CT molecular complexity index is 362. The summed E-state index contributed by atoms with van der Waals surface area (Å²) >= 11 is 2.26. The second kappa shape index (κ2) is 6.96. The normalized spacial score (nSPS) is 10.6. The van der Waals surface area contributed by atoms with Crippen LogP contribution in [0.15, 0.2) is 24.3 Å². The van der Waals surface area contributed by atoms with E-state index in [1.165, 1.54) is 3.57 Å². The lowest BCUT2D eigenvalue weighted by Gasteiger charge is -2.19. The third-order valence-electron chi connectivity index (χ3n) is 2.58. The van der Waals surface area contributed by atoms with E-state index < -0.39 is 0 Å². The molecular weight excluding hydrogens is 327 g/mol. The smallest absolute Gasteiger partial charge is 0.226 e. The predicted molar refractivity (Wildman–Crippen MR) is 79.1 cm³/mol. The number of carbonyl (C=O) groups is 1. The van der Waals surface area contributed by atoms with Crippen molar-refractivity contribution in [2.45, 2.75) is 6.42 Å². The highest BCUT2D eigenvalue weighted by molar-refractivity contribution is 14.1. The van der Waals surface area contributed by atoms with Crippen molar-refractivity contribution in [3.8, 4) is 0 Å². The third kappa shape index (κ3) is 5.50. The van der Waals surface area contributed by atoms with Gasteiger partial charge in [0.25, 0.3) is 0 Å². The van der Waals surface area contributed by atoms with Gasteiger partial charge in [0.15, 0.2) is 0 Å². The van der Waals surface area contributed by atoms with Gasteiger partial charge in [-0.05, 0) is 54.4 Å². The molecule has 0 aliphatic carbocycles. The summed E-state index contributed by atoms with van der Waals surface area (Å²) in [4.78, 5) is 15.8. The van der Waals surface area contributed by atoms with Gasteiger partial charge in [-0.1, -0.05) is 12.1 Å². The van der Waals surface area contributed by atoms with Gasteiger partial charge in [0.1, 0.15) is 0 Å². The van der Waals surface area contributed by atoms with Crippen LogP contribution in [0.2, 0.25) is 0 Å². The van der Waals surface area contributed by atoms with Crippen molar-refractivity contribution in [2.24, 2.45) is 0 Å². The highest BCUT2D eigenvalue weighted by Crippen LogP contribution is 2.08. The van der Waals surface area contributed by atoms with E-state index in [-0.39, 0.29) is 5.91 Å². The molecule has 0 heterocycles. The van der Waals surface area contributed by atoms with Crippen molar-refractivity contribution in [1.29, 1.82) is 0 Å². The summed E-state index contributed by atoms with van der Waals surface area (Å²) in [6.07, 6.45) is 0.487. The van der Waals surface area contributed by atoms with E-state index in [1.54, 1.807) is 4.90 Å². The topological polar surface area (TPSA) is 23.6 Å². The van der Waals surface area contributed by atoms with E-state index in [0.717, 1.165) is 18.7 Å². The summed E-state index contributed by atoms with van der Waals surface area (Å²) in [6.45, 7) is 1.67. The maximum atomic E-state index is 11.9. The Morgan fingerprint density at radius 1 is 1.12 bits per heavy atom. The van der Waals surface area contributed by atoms with Crippen molar-refractivity contribution in [3.63, 3.8) is 0 Å². The number of rotatable bonds is 5. The number of nitrogens with zero attached hydrogens (tertiary/aromatic N) is 2. The van der Waals surface area contributed by atoms with E-state index >= 15 is 0 Å². The molecule has 0 bridgehead atoms. The van der Waals surface area contributed by atoms with E-state index in [0.29, 0.717) is 6.42 Å². The molecule has 0 spiro atoms. The van der Waals surface area contributed by atoms with Crippen LogP contribution in [0.4, 0.5) is 0 Å². The molecule has 0 aromatic heterocycles. The number of likely N-dealkylation sites (N-methyl/N-ethyl adjacent to an activating group) is 2. The Labute approximate surface area is 117 Å². The monoisotopic (exact) mass is 346 g/mol. The van der Waals surface area contributed by atoms with Gasteiger partial charge in [0.05, 0.1) is 6.42 Å². The molecule has 1 aromatic rings. The zero-order valence-corrected chi connectivity index (χ0v) is 12.8. The molecule has 1 aromatic carbocycles. The van der Waals surface area contributed by atoms with Crippen LogP contribution in [0.1, 0.15) is 5.56 Å². The molecular formula is C13H19IN2O. The van der Waals surface area contributed by atoms with Crippen LogP contribution in [-0.2, 0) is 11.2 Å². The zero-order chi connectivity index (χ0) is 12.8. The number of carbonyl (C=O) groups excluding carboxylic acids is 1. The fraction of sp³-hybridized carbons (Fsp3) is 0.462. The number of halogens is 1. The predicted octanol–water partition coefficient (Wildman–Crippen LogP) is 1.85. The molecule has 0 saturated carbocycles. The molecule has 0 unspecified atom stereocenters. The lowest BCUT2D eigenvalue weighted by Crippen LogP contribution is -2.34. The van der Waals surface area contributed by atoms with E-state index in [1.807, 2.05) is 45.4 Å². The number of amides is 1. The van der Waals surface area contributed by atoms with Gasteiger partial charge in [-0.3, -0.25) is 4.79 Å². The van der Waals surface area contributed by atoms with Crippen LogP contribution in [0.25, 0.3) is 0 Å². The maximum Gasteiger partial charge on any atom is 0.226 e. The average molecular weight is 346 g/mol. The molecule has 1 rings (SSSR count). The summed E-state index contributed by atoms with van der Waals surface area (Å²) in [5.41, 5.74) is 1.08. The molecule has 0 aliphatic heterocycles. The molecule has 17 heavy (non-hydrogen) atoms. The Hall–Kier alpha value is -0.620. The number of hydrogen-bond donors (Lipinski definition) is 0. The first-order valence-corrected chi connectivity index (χ1v) is 6.70. The molecule has 0 radical (unpaired) electrons. The largest absolute Gasteiger partial charge is 0.344 e. The van der Waals surface area contributed by atoms with E-state index in [2.05, 4.69) is 27.5 Å². The van der Waals surface area contributed by atoms with Crippen LogP contribution in [-0.4, -0.2) is 49.9 Å². The Morgan fingerprint density at radius 2 is 1.71 bits per heavy atom. The standard InChI is InChI=1S/C13H19IN2O/c1-15(2)8-9-16(3)13(17)10-11-4-6-12(14)7-5-11/h4-7H,8-10H2,1-3H3. The van der Waals surface area contributed by atoms with Crippen LogP contribution < -0.4 is 0 Å². The minimum atomic E-state index is 0.174. The lowest BCUT2D eigenvalue weighted by molar-refractivity contribution is -0.129. The zero-order valence-electron chi connectivity index (χ0n) is 10.6. The van der Waals surface area contributed by atoms with Crippen molar-refractivity contribution >= 4 is 28.5 Å². The van der Waals surface area contributed by atoms with Gasteiger partial charge in [0, 0.05) is 23.7 Å². The highest BCUT2D eigenvalue weighted by Gasteiger charge is 2.09.